The molecule has 1 amide bonds. The number of para-hydroxylation sites is 2. The highest BCUT2D eigenvalue weighted by Crippen LogP contribution is 2.32. The number of anilines is 2. The van der Waals surface area contributed by atoms with Crippen molar-refractivity contribution in [3.05, 3.63) is 36.0 Å². The van der Waals surface area contributed by atoms with Crippen LogP contribution in [0.3, 0.4) is 0 Å². The molecule has 152 valence electrons. The van der Waals surface area contributed by atoms with E-state index in [1.54, 1.807) is 6.07 Å². The fraction of sp³-hybridized carbons (Fsp3) is 0.524. The summed E-state index contributed by atoms with van der Waals surface area (Å²) in [6.45, 7) is 10.9. The molecule has 7 nitrogen and oxygen atoms in total. The standard InChI is InChI=1S/C21H30N4O3/c1-6-25-13-15(27-17-10-8-7-9-16(17)25)12-24(5)14-19(26)22-20-11-18(23-28-20)21(2,3)4/h7-11,15H,6,12-14H2,1-5H3,(H,22,26). The van der Waals surface area contributed by atoms with Crippen LogP contribution in [0.1, 0.15) is 33.4 Å². The quantitative estimate of drug-likeness (QED) is 0.822. The molecular formula is C21H30N4O3. The van der Waals surface area contributed by atoms with E-state index in [1.807, 2.05) is 50.9 Å². The molecule has 1 unspecified atom stereocenters. The van der Waals surface area contributed by atoms with Crippen LogP contribution in [0.4, 0.5) is 11.6 Å². The van der Waals surface area contributed by atoms with E-state index in [2.05, 4.69) is 28.4 Å². The van der Waals surface area contributed by atoms with Crippen LogP contribution in [0.15, 0.2) is 34.9 Å². The summed E-state index contributed by atoms with van der Waals surface area (Å²) >= 11 is 0. The van der Waals surface area contributed by atoms with Crippen molar-refractivity contribution in [2.75, 3.05) is 43.4 Å². The third-order valence-electron chi connectivity index (χ3n) is 4.78. The first-order chi connectivity index (χ1) is 13.3. The number of fused-ring (bicyclic) bond motifs is 1. The van der Waals surface area contributed by atoms with Gasteiger partial charge in [-0.05, 0) is 26.1 Å². The van der Waals surface area contributed by atoms with Crippen molar-refractivity contribution < 1.29 is 14.1 Å². The number of ether oxygens (including phenoxy) is 1. The van der Waals surface area contributed by atoms with Gasteiger partial charge in [0.15, 0.2) is 0 Å². The first-order valence-electron chi connectivity index (χ1n) is 9.72. The smallest absolute Gasteiger partial charge is 0.240 e. The van der Waals surface area contributed by atoms with Crippen molar-refractivity contribution in [2.24, 2.45) is 0 Å². The summed E-state index contributed by atoms with van der Waals surface area (Å²) in [7, 11) is 1.92. The van der Waals surface area contributed by atoms with Crippen LogP contribution in [0.25, 0.3) is 0 Å². The molecule has 1 aliphatic heterocycles. The van der Waals surface area contributed by atoms with Gasteiger partial charge in [0.2, 0.25) is 11.8 Å². The molecule has 1 N–H and O–H groups in total. The number of hydrogen-bond acceptors (Lipinski definition) is 6. The van der Waals surface area contributed by atoms with E-state index in [1.165, 1.54) is 0 Å². The van der Waals surface area contributed by atoms with E-state index < -0.39 is 0 Å². The number of hydrogen-bond donors (Lipinski definition) is 1. The highest BCUT2D eigenvalue weighted by Gasteiger charge is 2.26. The number of nitrogens with zero attached hydrogens (tertiary/aromatic N) is 3. The van der Waals surface area contributed by atoms with Gasteiger partial charge in [-0.15, -0.1) is 0 Å². The molecule has 28 heavy (non-hydrogen) atoms. The van der Waals surface area contributed by atoms with Crippen LogP contribution < -0.4 is 15.0 Å². The van der Waals surface area contributed by atoms with E-state index in [0.717, 1.165) is 30.2 Å². The van der Waals surface area contributed by atoms with Gasteiger partial charge in [0.25, 0.3) is 0 Å². The summed E-state index contributed by atoms with van der Waals surface area (Å²) in [4.78, 5) is 16.6. The molecule has 1 aliphatic rings. The Morgan fingerprint density at radius 1 is 1.36 bits per heavy atom. The van der Waals surface area contributed by atoms with Crippen molar-refractivity contribution in [3.8, 4) is 5.75 Å². The SMILES string of the molecule is CCN1CC(CN(C)CC(=O)Nc2cc(C(C)(C)C)no2)Oc2ccccc21. The number of rotatable bonds is 6. The first kappa shape index (κ1) is 20.2. The molecule has 0 bridgehead atoms. The molecule has 0 saturated carbocycles. The Morgan fingerprint density at radius 2 is 2.11 bits per heavy atom. The van der Waals surface area contributed by atoms with E-state index >= 15 is 0 Å². The van der Waals surface area contributed by atoms with Crippen LogP contribution in [-0.2, 0) is 10.2 Å². The van der Waals surface area contributed by atoms with Crippen molar-refractivity contribution in [1.82, 2.24) is 10.1 Å². The number of carbonyl (C=O) groups excluding carboxylic acids is 1. The Balaban J connectivity index is 1.53. The zero-order valence-corrected chi connectivity index (χ0v) is 17.4. The normalized spacial score (nSPS) is 16.6. The number of likely N-dealkylation sites (N-methyl/N-ethyl adjacent to an activating group) is 2. The molecule has 7 heteroatoms. The topological polar surface area (TPSA) is 70.8 Å². The molecular weight excluding hydrogens is 356 g/mol. The molecule has 1 aromatic heterocycles. The summed E-state index contributed by atoms with van der Waals surface area (Å²) in [6.07, 6.45) is 0.00502. The van der Waals surface area contributed by atoms with Gasteiger partial charge in [-0.3, -0.25) is 15.0 Å². The van der Waals surface area contributed by atoms with Gasteiger partial charge in [-0.2, -0.15) is 0 Å². The number of amides is 1. The van der Waals surface area contributed by atoms with Gasteiger partial charge in [0, 0.05) is 24.6 Å². The van der Waals surface area contributed by atoms with Crippen molar-refractivity contribution in [2.45, 2.75) is 39.2 Å². The summed E-state index contributed by atoms with van der Waals surface area (Å²) in [5.41, 5.74) is 1.81. The maximum atomic E-state index is 12.4. The second kappa shape index (κ2) is 8.22. The highest BCUT2D eigenvalue weighted by molar-refractivity contribution is 5.90. The Labute approximate surface area is 166 Å². The average molecular weight is 386 g/mol. The first-order valence-corrected chi connectivity index (χ1v) is 9.72. The lowest BCUT2D eigenvalue weighted by atomic mass is 9.92. The molecule has 0 spiro atoms. The fourth-order valence-electron chi connectivity index (χ4n) is 3.30. The Bertz CT molecular complexity index is 812. The van der Waals surface area contributed by atoms with Crippen molar-refractivity contribution >= 4 is 17.5 Å². The maximum Gasteiger partial charge on any atom is 0.240 e. The largest absolute Gasteiger partial charge is 0.485 e. The van der Waals surface area contributed by atoms with Gasteiger partial charge in [-0.1, -0.05) is 38.1 Å². The van der Waals surface area contributed by atoms with Crippen molar-refractivity contribution in [3.63, 3.8) is 0 Å². The number of nitrogens with one attached hydrogen (secondary N) is 1. The third-order valence-corrected chi connectivity index (χ3v) is 4.78. The predicted octanol–water partition coefficient (Wildman–Crippen LogP) is 3.13. The van der Waals surface area contributed by atoms with E-state index in [-0.39, 0.29) is 24.0 Å². The van der Waals surface area contributed by atoms with E-state index in [9.17, 15) is 4.79 Å². The van der Waals surface area contributed by atoms with Gasteiger partial charge >= 0.3 is 0 Å². The third kappa shape index (κ3) is 4.84. The Kier molecular flexibility index (Phi) is 5.93. The summed E-state index contributed by atoms with van der Waals surface area (Å²) in [6, 6.07) is 9.85. The molecule has 0 saturated heterocycles. The molecule has 0 radical (unpaired) electrons. The van der Waals surface area contributed by atoms with Crippen LogP contribution >= 0.6 is 0 Å². The maximum absolute atomic E-state index is 12.4. The fourth-order valence-corrected chi connectivity index (χ4v) is 3.30. The van der Waals surface area contributed by atoms with Crippen LogP contribution in [0.2, 0.25) is 0 Å². The lowest BCUT2D eigenvalue weighted by Crippen LogP contribution is -2.46. The second-order valence-electron chi connectivity index (χ2n) is 8.32. The van der Waals surface area contributed by atoms with Crippen LogP contribution in [0, 0.1) is 0 Å². The van der Waals surface area contributed by atoms with Crippen molar-refractivity contribution in [1.29, 1.82) is 0 Å². The minimum atomic E-state index is -0.136. The molecule has 2 aromatic rings. The molecule has 3 rings (SSSR count). The lowest BCUT2D eigenvalue weighted by molar-refractivity contribution is -0.117. The van der Waals surface area contributed by atoms with Gasteiger partial charge in [-0.25, -0.2) is 0 Å². The molecule has 1 aromatic carbocycles. The van der Waals surface area contributed by atoms with Crippen LogP contribution in [0.5, 0.6) is 5.75 Å². The lowest BCUT2D eigenvalue weighted by Gasteiger charge is -2.37. The number of benzene rings is 1. The highest BCUT2D eigenvalue weighted by atomic mass is 16.5. The van der Waals surface area contributed by atoms with Gasteiger partial charge in [0.1, 0.15) is 11.9 Å². The zero-order valence-electron chi connectivity index (χ0n) is 17.4. The summed E-state index contributed by atoms with van der Waals surface area (Å²) < 4.78 is 11.4. The zero-order chi connectivity index (χ0) is 20.3. The van der Waals surface area contributed by atoms with Crippen LogP contribution in [-0.4, -0.2) is 55.3 Å². The predicted molar refractivity (Wildman–Crippen MR) is 110 cm³/mol. The molecule has 0 fully saturated rings. The Hall–Kier alpha value is -2.54. The number of carbonyl (C=O) groups is 1. The summed E-state index contributed by atoms with van der Waals surface area (Å²) in [5, 5.41) is 6.80. The number of aromatic nitrogens is 1. The second-order valence-corrected chi connectivity index (χ2v) is 8.32. The van der Waals surface area contributed by atoms with E-state index in [0.29, 0.717) is 12.4 Å². The monoisotopic (exact) mass is 386 g/mol. The minimum absolute atomic E-state index is 0.00502. The van der Waals surface area contributed by atoms with Gasteiger partial charge in [0.05, 0.1) is 24.5 Å². The van der Waals surface area contributed by atoms with E-state index in [4.69, 9.17) is 9.26 Å². The minimum Gasteiger partial charge on any atom is -0.485 e. The molecule has 1 atom stereocenters. The molecule has 0 aliphatic carbocycles. The average Bonchev–Trinajstić information content (AvgIpc) is 3.09. The Morgan fingerprint density at radius 3 is 2.79 bits per heavy atom. The van der Waals surface area contributed by atoms with Gasteiger partial charge < -0.3 is 14.2 Å². The molecule has 2 heterocycles. The summed E-state index contributed by atoms with van der Waals surface area (Å²) in [5.74, 6) is 1.14.